The first-order chi connectivity index (χ1) is 21.4. The van der Waals surface area contributed by atoms with Crippen molar-refractivity contribution in [3.05, 3.63) is 93.0 Å². The largest absolute Gasteiger partial charge is 0.497 e. The molecular formula is C29H23F6N5O5. The number of aromatic nitrogens is 4. The SMILES string of the molecule is COc1ccc(COc2nc(C)ncc2Cn2cnc(C(F)(F)C(F)F)c(Oc3cc(C(F)F)cc(C#N)c3OC)c2=O)cc1. The number of ether oxygens (including phenoxy) is 4. The summed E-state index contributed by atoms with van der Waals surface area (Å²) in [4.78, 5) is 25.2. The van der Waals surface area contributed by atoms with Crippen molar-refractivity contribution in [1.29, 1.82) is 5.26 Å². The lowest BCUT2D eigenvalue weighted by Gasteiger charge is -2.20. The van der Waals surface area contributed by atoms with Crippen molar-refractivity contribution in [3.8, 4) is 34.9 Å². The van der Waals surface area contributed by atoms with Crippen LogP contribution in [0.4, 0.5) is 26.3 Å². The molecular weight excluding hydrogens is 612 g/mol. The molecule has 16 heteroatoms. The van der Waals surface area contributed by atoms with E-state index in [0.29, 0.717) is 24.0 Å². The molecule has 0 fully saturated rings. The fraction of sp³-hybridized carbons (Fsp3) is 0.276. The van der Waals surface area contributed by atoms with Crippen molar-refractivity contribution < 1.29 is 45.3 Å². The molecule has 2 heterocycles. The Morgan fingerprint density at radius 2 is 1.73 bits per heavy atom. The highest BCUT2D eigenvalue weighted by atomic mass is 19.3. The van der Waals surface area contributed by atoms with Crippen LogP contribution in [0.5, 0.6) is 28.9 Å². The van der Waals surface area contributed by atoms with E-state index in [0.717, 1.165) is 23.3 Å². The lowest BCUT2D eigenvalue weighted by atomic mass is 10.1. The molecule has 0 unspecified atom stereocenters. The summed E-state index contributed by atoms with van der Waals surface area (Å²) in [7, 11) is 2.53. The number of alkyl halides is 6. The molecule has 0 amide bonds. The molecule has 0 aliphatic heterocycles. The van der Waals surface area contributed by atoms with Crippen LogP contribution in [0.3, 0.4) is 0 Å². The fourth-order valence-corrected chi connectivity index (χ4v) is 4.01. The molecule has 0 N–H and O–H groups in total. The van der Waals surface area contributed by atoms with Crippen molar-refractivity contribution in [3.63, 3.8) is 0 Å². The van der Waals surface area contributed by atoms with Crippen LogP contribution >= 0.6 is 0 Å². The van der Waals surface area contributed by atoms with E-state index in [1.807, 2.05) is 0 Å². The highest BCUT2D eigenvalue weighted by molar-refractivity contribution is 5.56. The van der Waals surface area contributed by atoms with E-state index in [2.05, 4.69) is 15.0 Å². The molecule has 236 valence electrons. The first-order valence-corrected chi connectivity index (χ1v) is 12.8. The van der Waals surface area contributed by atoms with E-state index >= 15 is 0 Å². The van der Waals surface area contributed by atoms with Crippen LogP contribution in [-0.4, -0.2) is 40.2 Å². The number of methoxy groups -OCH3 is 2. The van der Waals surface area contributed by atoms with E-state index in [1.165, 1.54) is 13.3 Å². The Hall–Kier alpha value is -5.33. The quantitative estimate of drug-likeness (QED) is 0.174. The Bertz CT molecular complexity index is 1780. The van der Waals surface area contributed by atoms with E-state index in [1.54, 1.807) is 37.3 Å². The monoisotopic (exact) mass is 635 g/mol. The van der Waals surface area contributed by atoms with E-state index in [4.69, 9.17) is 18.9 Å². The number of halogens is 6. The molecule has 2 aromatic carbocycles. The van der Waals surface area contributed by atoms with Crippen molar-refractivity contribution in [1.82, 2.24) is 19.5 Å². The molecule has 0 atom stereocenters. The fourth-order valence-electron chi connectivity index (χ4n) is 4.01. The summed E-state index contributed by atoms with van der Waals surface area (Å²) in [6.07, 6.45) is -5.60. The number of nitrogens with zero attached hydrogens (tertiary/aromatic N) is 5. The third kappa shape index (κ3) is 7.08. The van der Waals surface area contributed by atoms with Gasteiger partial charge in [-0.25, -0.2) is 27.5 Å². The molecule has 0 radical (unpaired) electrons. The van der Waals surface area contributed by atoms with Crippen LogP contribution in [0, 0.1) is 18.3 Å². The van der Waals surface area contributed by atoms with Crippen LogP contribution < -0.4 is 24.5 Å². The van der Waals surface area contributed by atoms with Crippen molar-refractivity contribution in [2.75, 3.05) is 14.2 Å². The van der Waals surface area contributed by atoms with Gasteiger partial charge in [0.25, 0.3) is 12.0 Å². The van der Waals surface area contributed by atoms with Gasteiger partial charge < -0.3 is 18.9 Å². The second-order valence-electron chi connectivity index (χ2n) is 9.28. The number of rotatable bonds is 12. The Balaban J connectivity index is 1.79. The van der Waals surface area contributed by atoms with Gasteiger partial charge in [-0.1, -0.05) is 12.1 Å². The standard InChI is InChI=1S/C29H23F6N5O5/c1-15-37-11-19(26(39-15)44-13-16-4-6-20(42-2)7-5-16)12-40-14-38-24(29(34,35)28(32)33)23(27(40)41)45-21-9-17(25(30)31)8-18(10-36)22(21)43-3/h4-9,11,14,25,28H,12-13H2,1-3H3. The van der Waals surface area contributed by atoms with Gasteiger partial charge in [-0.05, 0) is 36.8 Å². The normalized spacial score (nSPS) is 11.4. The summed E-state index contributed by atoms with van der Waals surface area (Å²) in [6.45, 7) is 1.13. The summed E-state index contributed by atoms with van der Waals surface area (Å²) in [5.74, 6) is -6.78. The summed E-state index contributed by atoms with van der Waals surface area (Å²) in [6, 6.07) is 9.87. The predicted molar refractivity (Wildman–Crippen MR) is 144 cm³/mol. The second-order valence-corrected chi connectivity index (χ2v) is 9.28. The van der Waals surface area contributed by atoms with Gasteiger partial charge in [0.2, 0.25) is 11.6 Å². The average molecular weight is 636 g/mol. The Morgan fingerprint density at radius 1 is 1.02 bits per heavy atom. The molecule has 4 aromatic rings. The minimum Gasteiger partial charge on any atom is -0.497 e. The molecule has 4 rings (SSSR count). The summed E-state index contributed by atoms with van der Waals surface area (Å²) in [5, 5.41) is 9.39. The van der Waals surface area contributed by atoms with Crippen LogP contribution in [0.25, 0.3) is 0 Å². The Kier molecular flexibility index (Phi) is 9.80. The number of hydrogen-bond acceptors (Lipinski definition) is 9. The topological polar surface area (TPSA) is 121 Å². The zero-order chi connectivity index (χ0) is 32.9. The van der Waals surface area contributed by atoms with Gasteiger partial charge >= 0.3 is 12.3 Å². The van der Waals surface area contributed by atoms with Gasteiger partial charge in [0, 0.05) is 11.8 Å². The summed E-state index contributed by atoms with van der Waals surface area (Å²) in [5.41, 5.74) is -3.55. The maximum Gasteiger partial charge on any atom is 0.352 e. The molecule has 2 aromatic heterocycles. The first-order valence-electron chi connectivity index (χ1n) is 12.8. The molecule has 0 aliphatic carbocycles. The Labute approximate surface area is 251 Å². The molecule has 45 heavy (non-hydrogen) atoms. The number of nitriles is 1. The van der Waals surface area contributed by atoms with Crippen LogP contribution in [0.2, 0.25) is 0 Å². The summed E-state index contributed by atoms with van der Waals surface area (Å²) < 4.78 is 105. The number of benzene rings is 2. The highest BCUT2D eigenvalue weighted by Crippen LogP contribution is 2.42. The molecule has 10 nitrogen and oxygen atoms in total. The highest BCUT2D eigenvalue weighted by Gasteiger charge is 2.48. The first kappa shape index (κ1) is 32.6. The van der Waals surface area contributed by atoms with Gasteiger partial charge in [-0.3, -0.25) is 9.36 Å². The number of aryl methyl sites for hydroxylation is 1. The Morgan fingerprint density at radius 3 is 2.33 bits per heavy atom. The van der Waals surface area contributed by atoms with Crippen molar-refractivity contribution in [2.24, 2.45) is 0 Å². The molecule has 0 saturated heterocycles. The van der Waals surface area contributed by atoms with Crippen LogP contribution in [0.1, 0.15) is 40.2 Å². The molecule has 0 saturated carbocycles. The van der Waals surface area contributed by atoms with E-state index in [9.17, 15) is 36.4 Å². The van der Waals surface area contributed by atoms with Gasteiger partial charge in [0.1, 0.15) is 24.3 Å². The van der Waals surface area contributed by atoms with Crippen molar-refractivity contribution in [2.45, 2.75) is 38.8 Å². The predicted octanol–water partition coefficient (Wildman–Crippen LogP) is 5.94. The van der Waals surface area contributed by atoms with Gasteiger partial charge in [0.15, 0.2) is 17.2 Å². The minimum absolute atomic E-state index is 0.0136. The van der Waals surface area contributed by atoms with Gasteiger partial charge in [-0.2, -0.15) is 19.0 Å². The summed E-state index contributed by atoms with van der Waals surface area (Å²) >= 11 is 0. The smallest absolute Gasteiger partial charge is 0.352 e. The molecule has 0 aliphatic rings. The third-order valence-electron chi connectivity index (χ3n) is 6.27. The second kappa shape index (κ2) is 13.5. The van der Waals surface area contributed by atoms with E-state index in [-0.39, 0.29) is 18.1 Å². The lowest BCUT2D eigenvalue weighted by molar-refractivity contribution is -0.139. The van der Waals surface area contributed by atoms with Crippen LogP contribution in [-0.2, 0) is 19.1 Å². The zero-order valence-corrected chi connectivity index (χ0v) is 23.7. The van der Waals surface area contributed by atoms with Crippen LogP contribution in [0.15, 0.2) is 53.7 Å². The maximum atomic E-state index is 14.6. The zero-order valence-electron chi connectivity index (χ0n) is 23.7. The average Bonchev–Trinajstić information content (AvgIpc) is 3.02. The maximum absolute atomic E-state index is 14.6. The van der Waals surface area contributed by atoms with Gasteiger partial charge in [-0.15, -0.1) is 0 Å². The lowest BCUT2D eigenvalue weighted by Crippen LogP contribution is -2.32. The third-order valence-corrected chi connectivity index (χ3v) is 6.27. The number of hydrogen-bond donors (Lipinski definition) is 0. The molecule has 0 bridgehead atoms. The van der Waals surface area contributed by atoms with E-state index < -0.39 is 64.9 Å². The molecule has 0 spiro atoms. The van der Waals surface area contributed by atoms with Crippen molar-refractivity contribution >= 4 is 0 Å². The van der Waals surface area contributed by atoms with Gasteiger partial charge in [0.05, 0.1) is 38.2 Å². The minimum atomic E-state index is -5.00.